The largest absolute Gasteiger partial charge is 0.460 e. The number of esters is 1. The number of hydrogen-bond acceptors (Lipinski definition) is 2. The first-order valence-electron chi connectivity index (χ1n) is 11.2. The van der Waals surface area contributed by atoms with Crippen molar-refractivity contribution < 1.29 is 9.53 Å². The number of alkyl halides is 1. The summed E-state index contributed by atoms with van der Waals surface area (Å²) in [5.74, 6) is -0.0450. The molecule has 3 heteroatoms. The van der Waals surface area contributed by atoms with E-state index in [-0.39, 0.29) is 11.6 Å². The molecule has 0 aliphatic heterocycles. The highest BCUT2D eigenvalue weighted by Gasteiger charge is 2.15. The fourth-order valence-electron chi connectivity index (χ4n) is 3.23. The van der Waals surface area contributed by atoms with Gasteiger partial charge in [-0.2, -0.15) is 0 Å². The molecule has 0 aromatic carbocycles. The Labute approximate surface area is 172 Å². The fraction of sp³-hybridized carbons (Fsp3) is 0.957. The van der Waals surface area contributed by atoms with E-state index in [1.807, 2.05) is 20.8 Å². The monoisotopic (exact) mass is 432 g/mol. The van der Waals surface area contributed by atoms with Gasteiger partial charge in [0.15, 0.2) is 0 Å². The topological polar surface area (TPSA) is 26.3 Å². The average Bonchev–Trinajstić information content (AvgIpc) is 2.56. The second-order valence-corrected chi connectivity index (χ2v) is 9.48. The summed E-state index contributed by atoms with van der Waals surface area (Å²) in [6, 6.07) is 0. The molecule has 0 bridgehead atoms. The van der Waals surface area contributed by atoms with Gasteiger partial charge in [0, 0.05) is 11.8 Å². The molecule has 0 rings (SSSR count). The second kappa shape index (κ2) is 18.3. The summed E-state index contributed by atoms with van der Waals surface area (Å²) in [4.78, 5) is 11.6. The van der Waals surface area contributed by atoms with Gasteiger partial charge in [-0.05, 0) is 33.6 Å². The van der Waals surface area contributed by atoms with Gasteiger partial charge in [-0.3, -0.25) is 4.79 Å². The third-order valence-corrected chi connectivity index (χ3v) is 5.25. The highest BCUT2D eigenvalue weighted by Crippen LogP contribution is 2.15. The SMILES string of the molecule is CC(C)(C)OC(=O)CCCCCCCCCCCCCCCCCCBr. The van der Waals surface area contributed by atoms with Crippen molar-refractivity contribution in [2.24, 2.45) is 0 Å². The molecule has 0 amide bonds. The predicted molar refractivity (Wildman–Crippen MR) is 118 cm³/mol. The fourth-order valence-corrected chi connectivity index (χ4v) is 3.63. The van der Waals surface area contributed by atoms with Crippen molar-refractivity contribution in [2.45, 2.75) is 136 Å². The van der Waals surface area contributed by atoms with Crippen LogP contribution in [0.25, 0.3) is 0 Å². The quantitative estimate of drug-likeness (QED) is 0.123. The first kappa shape index (κ1) is 26.0. The van der Waals surface area contributed by atoms with E-state index in [0.29, 0.717) is 6.42 Å². The van der Waals surface area contributed by atoms with Crippen LogP contribution in [0.2, 0.25) is 0 Å². The van der Waals surface area contributed by atoms with Gasteiger partial charge in [0.1, 0.15) is 5.60 Å². The summed E-state index contributed by atoms with van der Waals surface area (Å²) < 4.78 is 5.33. The van der Waals surface area contributed by atoms with E-state index in [1.54, 1.807) is 0 Å². The normalized spacial score (nSPS) is 11.7. The smallest absolute Gasteiger partial charge is 0.306 e. The van der Waals surface area contributed by atoms with E-state index in [9.17, 15) is 4.79 Å². The average molecular weight is 434 g/mol. The Morgan fingerprint density at radius 2 is 0.923 bits per heavy atom. The molecule has 0 fully saturated rings. The Bertz CT molecular complexity index is 310. The van der Waals surface area contributed by atoms with Gasteiger partial charge in [0.05, 0.1) is 0 Å². The molecule has 0 aliphatic rings. The van der Waals surface area contributed by atoms with E-state index in [1.165, 1.54) is 95.2 Å². The molecule has 0 aliphatic carbocycles. The minimum absolute atomic E-state index is 0.0450. The predicted octanol–water partition coefficient (Wildman–Crippen LogP) is 8.35. The van der Waals surface area contributed by atoms with E-state index < -0.39 is 0 Å². The summed E-state index contributed by atoms with van der Waals surface area (Å²) in [5, 5.41) is 1.17. The van der Waals surface area contributed by atoms with Gasteiger partial charge in [-0.25, -0.2) is 0 Å². The van der Waals surface area contributed by atoms with Gasteiger partial charge in [-0.15, -0.1) is 0 Å². The number of rotatable bonds is 18. The number of carbonyl (C=O) groups excluding carboxylic acids is 1. The molecule has 26 heavy (non-hydrogen) atoms. The summed E-state index contributed by atoms with van der Waals surface area (Å²) in [6.07, 6.45) is 22.2. The van der Waals surface area contributed by atoms with Gasteiger partial charge in [-0.1, -0.05) is 106 Å². The van der Waals surface area contributed by atoms with E-state index in [4.69, 9.17) is 4.74 Å². The highest BCUT2D eigenvalue weighted by atomic mass is 79.9. The molecule has 0 radical (unpaired) electrons. The second-order valence-electron chi connectivity index (χ2n) is 8.68. The minimum atomic E-state index is -0.343. The highest BCUT2D eigenvalue weighted by molar-refractivity contribution is 9.09. The molecule has 0 spiro atoms. The Balaban J connectivity index is 3.12. The van der Waals surface area contributed by atoms with Crippen LogP contribution in [-0.4, -0.2) is 16.9 Å². The van der Waals surface area contributed by atoms with Crippen molar-refractivity contribution in [3.8, 4) is 0 Å². The zero-order valence-electron chi connectivity index (χ0n) is 17.9. The first-order chi connectivity index (χ1) is 12.5. The van der Waals surface area contributed by atoms with Crippen LogP contribution in [0.4, 0.5) is 0 Å². The molecule has 0 unspecified atom stereocenters. The Morgan fingerprint density at radius 3 is 1.23 bits per heavy atom. The van der Waals surface area contributed by atoms with Gasteiger partial charge >= 0.3 is 5.97 Å². The van der Waals surface area contributed by atoms with Crippen LogP contribution in [0.15, 0.2) is 0 Å². The number of hydrogen-bond donors (Lipinski definition) is 0. The molecule has 2 nitrogen and oxygen atoms in total. The number of ether oxygens (including phenoxy) is 1. The molecule has 0 saturated carbocycles. The van der Waals surface area contributed by atoms with E-state index in [0.717, 1.165) is 12.8 Å². The van der Waals surface area contributed by atoms with Crippen molar-refractivity contribution in [2.75, 3.05) is 5.33 Å². The number of unbranched alkanes of at least 4 members (excludes halogenated alkanes) is 15. The molecule has 0 aromatic rings. The van der Waals surface area contributed by atoms with Crippen molar-refractivity contribution in [3.63, 3.8) is 0 Å². The summed E-state index contributed by atoms with van der Waals surface area (Å²) >= 11 is 3.49. The Hall–Kier alpha value is -0.0500. The van der Waals surface area contributed by atoms with E-state index >= 15 is 0 Å². The lowest BCUT2D eigenvalue weighted by atomic mass is 10.0. The third kappa shape index (κ3) is 22.0. The zero-order valence-corrected chi connectivity index (χ0v) is 19.5. The molecule has 0 aromatic heterocycles. The van der Waals surface area contributed by atoms with Gasteiger partial charge < -0.3 is 4.74 Å². The van der Waals surface area contributed by atoms with Crippen LogP contribution < -0.4 is 0 Å². The summed E-state index contributed by atoms with van der Waals surface area (Å²) in [5.41, 5.74) is -0.343. The van der Waals surface area contributed by atoms with Crippen LogP contribution in [0, 0.1) is 0 Å². The molecule has 156 valence electrons. The number of carbonyl (C=O) groups is 1. The minimum Gasteiger partial charge on any atom is -0.460 e. The first-order valence-corrected chi connectivity index (χ1v) is 12.4. The van der Waals surface area contributed by atoms with Gasteiger partial charge in [0.2, 0.25) is 0 Å². The van der Waals surface area contributed by atoms with Crippen molar-refractivity contribution in [3.05, 3.63) is 0 Å². The van der Waals surface area contributed by atoms with Crippen LogP contribution >= 0.6 is 15.9 Å². The van der Waals surface area contributed by atoms with Crippen LogP contribution in [0.1, 0.15) is 130 Å². The van der Waals surface area contributed by atoms with Crippen molar-refractivity contribution >= 4 is 21.9 Å². The third-order valence-electron chi connectivity index (χ3n) is 4.68. The lowest BCUT2D eigenvalue weighted by Crippen LogP contribution is -2.23. The summed E-state index contributed by atoms with van der Waals surface area (Å²) in [6.45, 7) is 5.79. The lowest BCUT2D eigenvalue weighted by molar-refractivity contribution is -0.154. The van der Waals surface area contributed by atoms with Gasteiger partial charge in [0.25, 0.3) is 0 Å². The van der Waals surface area contributed by atoms with Crippen molar-refractivity contribution in [1.82, 2.24) is 0 Å². The molecule has 0 atom stereocenters. The zero-order chi connectivity index (χ0) is 19.5. The summed E-state index contributed by atoms with van der Waals surface area (Å²) in [7, 11) is 0. The maximum Gasteiger partial charge on any atom is 0.306 e. The van der Waals surface area contributed by atoms with Crippen LogP contribution in [0.3, 0.4) is 0 Å². The Morgan fingerprint density at radius 1 is 0.615 bits per heavy atom. The molecular weight excluding hydrogens is 388 g/mol. The van der Waals surface area contributed by atoms with Crippen molar-refractivity contribution in [1.29, 1.82) is 0 Å². The molecule has 0 saturated heterocycles. The molecular formula is C23H45BrO2. The Kier molecular flexibility index (Phi) is 18.3. The standard InChI is InChI=1S/C23H45BrO2/c1-23(2,3)26-22(25)20-18-16-14-12-10-8-6-4-5-7-9-11-13-15-17-19-21-24/h4-21H2,1-3H3. The number of halogens is 1. The van der Waals surface area contributed by atoms with E-state index in [2.05, 4.69) is 15.9 Å². The lowest BCUT2D eigenvalue weighted by Gasteiger charge is -2.19. The van der Waals surface area contributed by atoms with Crippen LogP contribution in [0.5, 0.6) is 0 Å². The molecule has 0 heterocycles. The van der Waals surface area contributed by atoms with Crippen LogP contribution in [-0.2, 0) is 9.53 Å². The molecule has 0 N–H and O–H groups in total. The maximum atomic E-state index is 11.6. The maximum absolute atomic E-state index is 11.6.